The zero-order chi connectivity index (χ0) is 27.1. The Morgan fingerprint density at radius 1 is 0.923 bits per heavy atom. The quantitative estimate of drug-likeness (QED) is 0.492. The number of benzene rings is 2. The van der Waals surface area contributed by atoms with Gasteiger partial charge in [0.05, 0.1) is 18.0 Å². The second kappa shape index (κ2) is 10.6. The lowest BCUT2D eigenvalue weighted by atomic mass is 9.81. The molecule has 0 spiro atoms. The first-order valence-electron chi connectivity index (χ1n) is 14.1. The first-order chi connectivity index (χ1) is 18.8. The Morgan fingerprint density at radius 2 is 1.69 bits per heavy atom. The average Bonchev–Trinajstić information content (AvgIpc) is 3.14. The molecule has 208 valence electrons. The normalized spacial score (nSPS) is 23.3. The van der Waals surface area contributed by atoms with Crippen LogP contribution in [-0.4, -0.2) is 80.8 Å². The van der Waals surface area contributed by atoms with E-state index in [-0.39, 0.29) is 11.9 Å². The lowest BCUT2D eigenvalue weighted by Gasteiger charge is -2.26. The van der Waals surface area contributed by atoms with E-state index in [2.05, 4.69) is 39.4 Å². The van der Waals surface area contributed by atoms with Crippen LogP contribution >= 0.6 is 0 Å². The SMILES string of the molecule is CN1CCN(C)CC2Cn3c(c(C4CCCCC4)c4ccc(cc43)C(=O)NS(=O)(=O)CC1)-c1ccccc1O2. The van der Waals surface area contributed by atoms with Crippen molar-refractivity contribution in [3.63, 3.8) is 0 Å². The summed E-state index contributed by atoms with van der Waals surface area (Å²) >= 11 is 0. The molecule has 1 fully saturated rings. The van der Waals surface area contributed by atoms with Gasteiger partial charge in [0.2, 0.25) is 10.0 Å². The highest BCUT2D eigenvalue weighted by molar-refractivity contribution is 7.90. The van der Waals surface area contributed by atoms with Gasteiger partial charge in [-0.05, 0) is 62.7 Å². The van der Waals surface area contributed by atoms with Gasteiger partial charge in [-0.25, -0.2) is 13.1 Å². The summed E-state index contributed by atoms with van der Waals surface area (Å²) in [6.45, 7) is 3.23. The number of nitrogens with one attached hydrogen (secondary N) is 1. The van der Waals surface area contributed by atoms with Crippen LogP contribution in [0.15, 0.2) is 42.5 Å². The first kappa shape index (κ1) is 26.3. The number of ether oxygens (including phenoxy) is 1. The predicted octanol–water partition coefficient (Wildman–Crippen LogP) is 4.05. The summed E-state index contributed by atoms with van der Waals surface area (Å²) in [5.41, 5.74) is 4.94. The number of carbonyl (C=O) groups excluding carboxylic acids is 1. The Kier molecular flexibility index (Phi) is 7.16. The van der Waals surface area contributed by atoms with Gasteiger partial charge in [-0.3, -0.25) is 4.79 Å². The van der Waals surface area contributed by atoms with E-state index in [0.29, 0.717) is 31.1 Å². The van der Waals surface area contributed by atoms with Gasteiger partial charge in [0.25, 0.3) is 5.91 Å². The summed E-state index contributed by atoms with van der Waals surface area (Å²) in [6.07, 6.45) is 5.92. The van der Waals surface area contributed by atoms with Crippen molar-refractivity contribution in [3.05, 3.63) is 53.6 Å². The molecule has 4 bridgehead atoms. The number of hydrogen-bond donors (Lipinski definition) is 1. The first-order valence-corrected chi connectivity index (χ1v) is 15.8. The molecule has 3 heterocycles. The van der Waals surface area contributed by atoms with Crippen molar-refractivity contribution >= 4 is 26.8 Å². The van der Waals surface area contributed by atoms with Crippen molar-refractivity contribution in [2.24, 2.45) is 0 Å². The van der Waals surface area contributed by atoms with Crippen molar-refractivity contribution < 1.29 is 17.9 Å². The van der Waals surface area contributed by atoms with Crippen LogP contribution in [0, 0.1) is 0 Å². The van der Waals surface area contributed by atoms with Crippen LogP contribution in [0.2, 0.25) is 0 Å². The van der Waals surface area contributed by atoms with E-state index in [1.165, 1.54) is 30.5 Å². The molecule has 1 amide bonds. The standard InChI is InChI=1S/C30H38N4O4S/c1-32-14-15-33(2)19-23-20-34-26-18-22(30(35)31-39(36,37)17-16-32)12-13-24(26)28(21-8-4-3-5-9-21)29(34)25-10-6-7-11-27(25)38-23/h6-7,10-13,18,21,23H,3-5,8-9,14-17,19-20H2,1-2H3,(H,31,35). The van der Waals surface area contributed by atoms with Gasteiger partial charge in [0.15, 0.2) is 0 Å². The zero-order valence-electron chi connectivity index (χ0n) is 22.9. The van der Waals surface area contributed by atoms with Gasteiger partial charge in [0.1, 0.15) is 11.9 Å². The van der Waals surface area contributed by atoms with Crippen LogP contribution in [0.5, 0.6) is 5.75 Å². The Bertz CT molecular complexity index is 1490. The van der Waals surface area contributed by atoms with Gasteiger partial charge in [0, 0.05) is 48.2 Å². The van der Waals surface area contributed by atoms with E-state index in [1.807, 2.05) is 30.1 Å². The second-order valence-electron chi connectivity index (χ2n) is 11.5. The van der Waals surface area contributed by atoms with Crippen molar-refractivity contribution in [1.82, 2.24) is 19.1 Å². The van der Waals surface area contributed by atoms with Crippen LogP contribution in [0.3, 0.4) is 0 Å². The third kappa shape index (κ3) is 5.32. The molecule has 0 radical (unpaired) electrons. The lowest BCUT2D eigenvalue weighted by molar-refractivity contribution is 0.0981. The van der Waals surface area contributed by atoms with Crippen molar-refractivity contribution in [1.29, 1.82) is 0 Å². The van der Waals surface area contributed by atoms with Gasteiger partial charge < -0.3 is 19.1 Å². The summed E-state index contributed by atoms with van der Waals surface area (Å²) in [5, 5.41) is 1.16. The highest BCUT2D eigenvalue weighted by Crippen LogP contribution is 2.47. The Morgan fingerprint density at radius 3 is 2.51 bits per heavy atom. The Hall–Kier alpha value is -2.88. The number of likely N-dealkylation sites (N-methyl/N-ethyl adjacent to an activating group) is 2. The maximum Gasteiger partial charge on any atom is 0.264 e. The van der Waals surface area contributed by atoms with E-state index in [0.717, 1.165) is 48.1 Å². The molecule has 8 nitrogen and oxygen atoms in total. The number of aromatic nitrogens is 1. The van der Waals surface area contributed by atoms with E-state index in [4.69, 9.17) is 4.74 Å². The molecule has 1 N–H and O–H groups in total. The molecule has 1 aromatic heterocycles. The van der Waals surface area contributed by atoms with Crippen molar-refractivity contribution in [2.75, 3.05) is 46.0 Å². The number of amides is 1. The monoisotopic (exact) mass is 550 g/mol. The molecule has 6 rings (SSSR count). The number of sulfonamides is 1. The molecule has 1 unspecified atom stereocenters. The molecule has 3 aliphatic rings. The van der Waals surface area contributed by atoms with E-state index in [1.54, 1.807) is 6.07 Å². The molecule has 1 aliphatic carbocycles. The Labute approximate surface area is 231 Å². The zero-order valence-corrected chi connectivity index (χ0v) is 23.7. The van der Waals surface area contributed by atoms with Gasteiger partial charge in [-0.2, -0.15) is 0 Å². The summed E-state index contributed by atoms with van der Waals surface area (Å²) < 4.78 is 36.9. The highest BCUT2D eigenvalue weighted by Gasteiger charge is 2.32. The minimum atomic E-state index is -3.76. The minimum Gasteiger partial charge on any atom is -0.487 e. The van der Waals surface area contributed by atoms with E-state index >= 15 is 0 Å². The molecule has 2 aliphatic heterocycles. The number of fused-ring (bicyclic) bond motifs is 4. The van der Waals surface area contributed by atoms with Crippen LogP contribution in [0.1, 0.15) is 53.9 Å². The maximum atomic E-state index is 13.2. The smallest absolute Gasteiger partial charge is 0.264 e. The summed E-state index contributed by atoms with van der Waals surface area (Å²) in [6, 6.07) is 14.0. The van der Waals surface area contributed by atoms with Crippen LogP contribution in [0.25, 0.3) is 22.2 Å². The molecule has 1 saturated carbocycles. The summed E-state index contributed by atoms with van der Waals surface area (Å²) in [7, 11) is 0.237. The minimum absolute atomic E-state index is 0.0803. The molecule has 3 aromatic rings. The molecule has 39 heavy (non-hydrogen) atoms. The van der Waals surface area contributed by atoms with Gasteiger partial charge >= 0.3 is 0 Å². The fourth-order valence-electron chi connectivity index (χ4n) is 6.50. The fourth-order valence-corrected chi connectivity index (χ4v) is 7.56. The number of para-hydroxylation sites is 1. The number of nitrogens with zero attached hydrogens (tertiary/aromatic N) is 3. The van der Waals surface area contributed by atoms with Crippen molar-refractivity contribution in [3.8, 4) is 17.0 Å². The third-order valence-corrected chi connectivity index (χ3v) is 9.79. The van der Waals surface area contributed by atoms with Gasteiger partial charge in [-0.1, -0.05) is 37.5 Å². The largest absolute Gasteiger partial charge is 0.487 e. The Balaban J connectivity index is 1.56. The molecule has 9 heteroatoms. The van der Waals surface area contributed by atoms with Crippen LogP contribution in [-0.2, 0) is 16.6 Å². The summed E-state index contributed by atoms with van der Waals surface area (Å²) in [4.78, 5) is 17.4. The van der Waals surface area contributed by atoms with Crippen LogP contribution in [0.4, 0.5) is 0 Å². The molecular weight excluding hydrogens is 512 g/mol. The number of carbonyl (C=O) groups is 1. The highest BCUT2D eigenvalue weighted by atomic mass is 32.2. The third-order valence-electron chi connectivity index (χ3n) is 8.57. The van der Waals surface area contributed by atoms with Crippen LogP contribution < -0.4 is 9.46 Å². The molecule has 0 saturated heterocycles. The molecular formula is C30H38N4O4S. The second-order valence-corrected chi connectivity index (χ2v) is 13.3. The molecule has 1 atom stereocenters. The summed E-state index contributed by atoms with van der Waals surface area (Å²) in [5.74, 6) is 0.625. The maximum absolute atomic E-state index is 13.2. The average molecular weight is 551 g/mol. The van der Waals surface area contributed by atoms with E-state index < -0.39 is 15.9 Å². The molecule has 2 aromatic carbocycles. The topological polar surface area (TPSA) is 83.9 Å². The lowest BCUT2D eigenvalue weighted by Crippen LogP contribution is -2.41. The number of rotatable bonds is 1. The van der Waals surface area contributed by atoms with Crippen molar-refractivity contribution in [2.45, 2.75) is 50.7 Å². The fraction of sp³-hybridized carbons (Fsp3) is 0.500. The number of hydrogen-bond acceptors (Lipinski definition) is 6. The van der Waals surface area contributed by atoms with Gasteiger partial charge in [-0.15, -0.1) is 0 Å². The van der Waals surface area contributed by atoms with E-state index in [9.17, 15) is 13.2 Å². The predicted molar refractivity (Wildman–Crippen MR) is 154 cm³/mol.